The van der Waals surface area contributed by atoms with Gasteiger partial charge >= 0.3 is 0 Å². The Morgan fingerprint density at radius 3 is 2.87 bits per heavy atom. The van der Waals surface area contributed by atoms with E-state index >= 15 is 0 Å². The van der Waals surface area contributed by atoms with Crippen molar-refractivity contribution < 1.29 is 4.39 Å². The number of rotatable bonds is 2. The number of nitrogens with zero attached hydrogens (tertiary/aromatic N) is 2. The van der Waals surface area contributed by atoms with Crippen molar-refractivity contribution in [3.8, 4) is 10.6 Å². The summed E-state index contributed by atoms with van der Waals surface area (Å²) >= 11 is 6.49. The average molecular weight is 305 g/mol. The smallest absolute Gasteiger partial charge is 0.142 e. The maximum Gasteiger partial charge on any atom is 0.142 e. The van der Waals surface area contributed by atoms with Gasteiger partial charge in [-0.3, -0.25) is 4.98 Å². The van der Waals surface area contributed by atoms with Crippen molar-refractivity contribution in [2.45, 2.75) is 4.21 Å². The van der Waals surface area contributed by atoms with E-state index in [2.05, 4.69) is 25.9 Å². The second-order valence-corrected chi connectivity index (χ2v) is 5.52. The molecule has 2 rings (SSSR count). The minimum atomic E-state index is -0.343. The summed E-state index contributed by atoms with van der Waals surface area (Å²) < 4.78 is 14.8. The summed E-state index contributed by atoms with van der Waals surface area (Å²) in [7, 11) is 0. The Hall–Kier alpha value is -0.460. The van der Waals surface area contributed by atoms with Crippen molar-refractivity contribution >= 4 is 39.0 Å². The molecule has 6 heteroatoms. The molecule has 0 fully saturated rings. The van der Waals surface area contributed by atoms with E-state index in [1.165, 1.54) is 23.6 Å². The van der Waals surface area contributed by atoms with Crippen LogP contribution in [0.4, 0.5) is 4.39 Å². The lowest BCUT2D eigenvalue weighted by atomic mass is 10.3. The van der Waals surface area contributed by atoms with Crippen LogP contribution in [-0.2, 0) is 0 Å². The van der Waals surface area contributed by atoms with Crippen LogP contribution in [0.1, 0.15) is 0 Å². The zero-order valence-corrected chi connectivity index (χ0v) is 10.9. The van der Waals surface area contributed by atoms with Gasteiger partial charge in [-0.2, -0.15) is 0 Å². The molecule has 0 saturated heterocycles. The molecule has 0 radical (unpaired) electrons. The Labute approximate surface area is 103 Å². The summed E-state index contributed by atoms with van der Waals surface area (Å²) in [4.78, 5) is 8.10. The van der Waals surface area contributed by atoms with Gasteiger partial charge in [-0.25, -0.2) is 9.37 Å². The van der Waals surface area contributed by atoms with Crippen LogP contribution in [0.5, 0.6) is 0 Å². The third-order valence-corrected chi connectivity index (χ3v) is 5.01. The molecule has 0 aromatic carbocycles. The zero-order chi connectivity index (χ0) is 10.8. The maximum absolute atomic E-state index is 12.9. The largest absolute Gasteiger partial charge is 0.261 e. The lowest BCUT2D eigenvalue weighted by Gasteiger charge is -1.93. The summed E-state index contributed by atoms with van der Waals surface area (Å²) in [6.45, 7) is 0. The molecule has 0 amide bonds. The SMILES string of the molecule is CSc1sc(-c2cncc(F)c2)nc1Br. The van der Waals surface area contributed by atoms with Gasteiger partial charge in [0.2, 0.25) is 0 Å². The van der Waals surface area contributed by atoms with Gasteiger partial charge in [-0.15, -0.1) is 23.1 Å². The molecule has 0 atom stereocenters. The Balaban J connectivity index is 2.45. The Bertz CT molecular complexity index is 487. The van der Waals surface area contributed by atoms with Crippen LogP contribution in [0.15, 0.2) is 27.3 Å². The molecule has 2 nitrogen and oxygen atoms in total. The summed E-state index contributed by atoms with van der Waals surface area (Å²) in [5, 5.41) is 0.776. The normalized spacial score (nSPS) is 10.6. The van der Waals surface area contributed by atoms with Crippen molar-refractivity contribution in [3.05, 3.63) is 28.9 Å². The quantitative estimate of drug-likeness (QED) is 0.789. The van der Waals surface area contributed by atoms with Crippen LogP contribution in [0.2, 0.25) is 0 Å². The molecule has 2 aromatic rings. The van der Waals surface area contributed by atoms with Crippen LogP contribution in [0, 0.1) is 5.82 Å². The molecule has 0 N–H and O–H groups in total. The Kier molecular flexibility index (Phi) is 3.38. The van der Waals surface area contributed by atoms with Gasteiger partial charge in [-0.05, 0) is 28.3 Å². The molecule has 2 aromatic heterocycles. The molecule has 0 unspecified atom stereocenters. The third-order valence-electron chi connectivity index (χ3n) is 1.69. The van der Waals surface area contributed by atoms with Gasteiger partial charge in [0.25, 0.3) is 0 Å². The van der Waals surface area contributed by atoms with Crippen molar-refractivity contribution in [3.63, 3.8) is 0 Å². The van der Waals surface area contributed by atoms with Gasteiger partial charge < -0.3 is 0 Å². The minimum absolute atomic E-state index is 0.343. The minimum Gasteiger partial charge on any atom is -0.261 e. The van der Waals surface area contributed by atoms with Crippen LogP contribution >= 0.6 is 39.0 Å². The molecule has 0 aliphatic heterocycles. The van der Waals surface area contributed by atoms with Crippen molar-refractivity contribution in [1.29, 1.82) is 0 Å². The molecular formula is C9H6BrFN2S2. The second kappa shape index (κ2) is 4.59. The molecule has 2 heterocycles. The number of pyridine rings is 1. The van der Waals surface area contributed by atoms with Crippen molar-refractivity contribution in [2.24, 2.45) is 0 Å². The predicted octanol–water partition coefficient (Wildman–Crippen LogP) is 3.83. The fraction of sp³-hybridized carbons (Fsp3) is 0.111. The van der Waals surface area contributed by atoms with E-state index < -0.39 is 0 Å². The fourth-order valence-corrected chi connectivity index (χ4v) is 3.54. The van der Waals surface area contributed by atoms with Crippen LogP contribution < -0.4 is 0 Å². The molecule has 0 aliphatic rings. The molecule has 0 aliphatic carbocycles. The number of thiazole rings is 1. The van der Waals surface area contributed by atoms with E-state index in [1.807, 2.05) is 6.26 Å². The fourth-order valence-electron chi connectivity index (χ4n) is 1.07. The van der Waals surface area contributed by atoms with Crippen LogP contribution in [0.3, 0.4) is 0 Å². The molecular weight excluding hydrogens is 299 g/mol. The van der Waals surface area contributed by atoms with Crippen molar-refractivity contribution in [2.75, 3.05) is 6.26 Å². The highest BCUT2D eigenvalue weighted by atomic mass is 79.9. The van der Waals surface area contributed by atoms with Gasteiger partial charge in [0.15, 0.2) is 0 Å². The van der Waals surface area contributed by atoms with E-state index in [9.17, 15) is 4.39 Å². The zero-order valence-electron chi connectivity index (χ0n) is 7.70. The molecule has 15 heavy (non-hydrogen) atoms. The summed E-state index contributed by atoms with van der Waals surface area (Å²) in [6.07, 6.45) is 4.77. The number of halogens is 2. The number of aromatic nitrogens is 2. The van der Waals surface area contributed by atoms with Gasteiger partial charge in [0.05, 0.1) is 10.4 Å². The highest BCUT2D eigenvalue weighted by Crippen LogP contribution is 2.36. The Morgan fingerprint density at radius 1 is 1.47 bits per heavy atom. The molecule has 78 valence electrons. The first-order valence-electron chi connectivity index (χ1n) is 4.02. The first-order chi connectivity index (χ1) is 7.20. The molecule has 0 bridgehead atoms. The predicted molar refractivity (Wildman–Crippen MR) is 64.8 cm³/mol. The Morgan fingerprint density at radius 2 is 2.27 bits per heavy atom. The van der Waals surface area contributed by atoms with E-state index in [-0.39, 0.29) is 5.82 Å². The van der Waals surface area contributed by atoms with Gasteiger partial charge in [0.1, 0.15) is 15.4 Å². The summed E-state index contributed by atoms with van der Waals surface area (Å²) in [6, 6.07) is 1.43. The lowest BCUT2D eigenvalue weighted by Crippen LogP contribution is -1.81. The maximum atomic E-state index is 12.9. The van der Waals surface area contributed by atoms with E-state index in [4.69, 9.17) is 0 Å². The molecule has 0 spiro atoms. The van der Waals surface area contributed by atoms with Gasteiger partial charge in [-0.1, -0.05) is 0 Å². The van der Waals surface area contributed by atoms with Crippen LogP contribution in [-0.4, -0.2) is 16.2 Å². The average Bonchev–Trinajstić information content (AvgIpc) is 2.60. The van der Waals surface area contributed by atoms with Crippen molar-refractivity contribution in [1.82, 2.24) is 9.97 Å². The van der Waals surface area contributed by atoms with Crippen LogP contribution in [0.25, 0.3) is 10.6 Å². The highest BCUT2D eigenvalue weighted by Gasteiger charge is 2.10. The summed E-state index contributed by atoms with van der Waals surface area (Å²) in [5.41, 5.74) is 0.709. The number of hydrogen-bond donors (Lipinski definition) is 0. The lowest BCUT2D eigenvalue weighted by molar-refractivity contribution is 0.622. The number of thioether (sulfide) groups is 1. The van der Waals surface area contributed by atoms with E-state index in [0.29, 0.717) is 5.56 Å². The topological polar surface area (TPSA) is 25.8 Å². The summed E-state index contributed by atoms with van der Waals surface area (Å²) in [5.74, 6) is -0.343. The third kappa shape index (κ3) is 2.38. The number of hydrogen-bond acceptors (Lipinski definition) is 4. The first kappa shape index (κ1) is 11.0. The van der Waals surface area contributed by atoms with E-state index in [1.54, 1.807) is 18.0 Å². The second-order valence-electron chi connectivity index (χ2n) is 2.69. The monoisotopic (exact) mass is 304 g/mol. The standard InChI is InChI=1S/C9H6BrFN2S2/c1-14-9-7(10)13-8(15-9)5-2-6(11)4-12-3-5/h2-4H,1H3. The van der Waals surface area contributed by atoms with E-state index in [0.717, 1.165) is 13.8 Å². The molecule has 0 saturated carbocycles. The van der Waals surface area contributed by atoms with Gasteiger partial charge in [0, 0.05) is 11.8 Å². The highest BCUT2D eigenvalue weighted by molar-refractivity contribution is 9.10. The first-order valence-corrected chi connectivity index (χ1v) is 6.85.